The van der Waals surface area contributed by atoms with Gasteiger partial charge < -0.3 is 10.1 Å². The number of ether oxygens (including phenoxy) is 1. The van der Waals surface area contributed by atoms with Gasteiger partial charge in [0.1, 0.15) is 5.69 Å². The van der Waals surface area contributed by atoms with E-state index >= 15 is 0 Å². The average molecular weight is 274 g/mol. The Kier molecular flexibility index (Phi) is 4.74. The maximum atomic E-state index is 5.43. The topological polar surface area (TPSA) is 52.0 Å². The van der Waals surface area contributed by atoms with Crippen LogP contribution in [0.15, 0.2) is 24.5 Å². The summed E-state index contributed by atoms with van der Waals surface area (Å²) in [4.78, 5) is 4.51. The van der Waals surface area contributed by atoms with Gasteiger partial charge in [0, 0.05) is 13.2 Å². The monoisotopic (exact) mass is 274 g/mol. The molecule has 0 radical (unpaired) electrons. The molecule has 5 heteroatoms. The summed E-state index contributed by atoms with van der Waals surface area (Å²) >= 11 is 0. The van der Waals surface area contributed by atoms with Crippen LogP contribution < -0.4 is 10.1 Å². The third-order valence-corrected chi connectivity index (χ3v) is 3.27. The molecule has 1 unspecified atom stereocenters. The SMILES string of the molecule is CCCNC(c1cc(C)ccn1)c1c(OC)cnn1C. The maximum Gasteiger partial charge on any atom is 0.161 e. The van der Waals surface area contributed by atoms with Crippen molar-refractivity contribution in [2.24, 2.45) is 7.05 Å². The molecule has 0 aromatic carbocycles. The van der Waals surface area contributed by atoms with E-state index in [9.17, 15) is 0 Å². The van der Waals surface area contributed by atoms with E-state index in [1.54, 1.807) is 13.3 Å². The van der Waals surface area contributed by atoms with Gasteiger partial charge in [0.15, 0.2) is 5.75 Å². The second kappa shape index (κ2) is 6.52. The lowest BCUT2D eigenvalue weighted by Crippen LogP contribution is -2.26. The van der Waals surface area contributed by atoms with Gasteiger partial charge in [0.25, 0.3) is 0 Å². The van der Waals surface area contributed by atoms with Crippen molar-refractivity contribution in [3.05, 3.63) is 41.5 Å². The zero-order valence-corrected chi connectivity index (χ0v) is 12.6. The number of rotatable bonds is 6. The van der Waals surface area contributed by atoms with Crippen LogP contribution in [0.25, 0.3) is 0 Å². The van der Waals surface area contributed by atoms with Gasteiger partial charge in [-0.3, -0.25) is 9.67 Å². The summed E-state index contributed by atoms with van der Waals surface area (Å²) in [5.74, 6) is 0.782. The predicted molar refractivity (Wildman–Crippen MR) is 78.9 cm³/mol. The van der Waals surface area contributed by atoms with Crippen LogP contribution in [0.4, 0.5) is 0 Å². The zero-order chi connectivity index (χ0) is 14.5. The molecule has 0 aliphatic carbocycles. The van der Waals surface area contributed by atoms with Gasteiger partial charge in [-0.1, -0.05) is 6.92 Å². The van der Waals surface area contributed by atoms with Crippen LogP contribution in [0.3, 0.4) is 0 Å². The van der Waals surface area contributed by atoms with Gasteiger partial charge >= 0.3 is 0 Å². The van der Waals surface area contributed by atoms with Gasteiger partial charge in [-0.05, 0) is 37.6 Å². The van der Waals surface area contributed by atoms with Crippen molar-refractivity contribution < 1.29 is 4.74 Å². The highest BCUT2D eigenvalue weighted by molar-refractivity contribution is 5.34. The number of aromatic nitrogens is 3. The molecule has 0 bridgehead atoms. The molecule has 0 aliphatic heterocycles. The summed E-state index contributed by atoms with van der Waals surface area (Å²) in [6.07, 6.45) is 4.64. The van der Waals surface area contributed by atoms with Crippen LogP contribution >= 0.6 is 0 Å². The van der Waals surface area contributed by atoms with Gasteiger partial charge in [-0.15, -0.1) is 0 Å². The Balaban J connectivity index is 2.44. The number of pyridine rings is 1. The second-order valence-corrected chi connectivity index (χ2v) is 4.87. The lowest BCUT2D eigenvalue weighted by molar-refractivity contribution is 0.399. The Hall–Kier alpha value is -1.88. The third kappa shape index (κ3) is 2.99. The summed E-state index contributed by atoms with van der Waals surface area (Å²) < 4.78 is 7.27. The summed E-state index contributed by atoms with van der Waals surface area (Å²) in [6.45, 7) is 5.13. The molecular weight excluding hydrogens is 252 g/mol. The van der Waals surface area contributed by atoms with E-state index in [1.807, 2.05) is 24.0 Å². The summed E-state index contributed by atoms with van der Waals surface area (Å²) in [7, 11) is 3.59. The van der Waals surface area contributed by atoms with Crippen LogP contribution in [0.5, 0.6) is 5.75 Å². The number of aryl methyl sites for hydroxylation is 2. The molecule has 0 amide bonds. The van der Waals surface area contributed by atoms with Gasteiger partial charge in [-0.2, -0.15) is 5.10 Å². The van der Waals surface area contributed by atoms with Crippen LogP contribution in [0.2, 0.25) is 0 Å². The fraction of sp³-hybridized carbons (Fsp3) is 0.467. The minimum Gasteiger partial charge on any atom is -0.493 e. The Morgan fingerprint density at radius 3 is 2.90 bits per heavy atom. The molecular formula is C15H22N4O. The number of hydrogen-bond acceptors (Lipinski definition) is 4. The molecule has 0 fully saturated rings. The highest BCUT2D eigenvalue weighted by atomic mass is 16.5. The molecule has 20 heavy (non-hydrogen) atoms. The van der Waals surface area contributed by atoms with Crippen molar-refractivity contribution in [1.29, 1.82) is 0 Å². The lowest BCUT2D eigenvalue weighted by Gasteiger charge is -2.20. The fourth-order valence-electron chi connectivity index (χ4n) is 2.26. The number of methoxy groups -OCH3 is 1. The van der Waals surface area contributed by atoms with Gasteiger partial charge in [0.2, 0.25) is 0 Å². The average Bonchev–Trinajstić information content (AvgIpc) is 2.81. The van der Waals surface area contributed by atoms with Crippen LogP contribution in [-0.4, -0.2) is 28.4 Å². The summed E-state index contributed by atoms with van der Waals surface area (Å²) in [5, 5.41) is 7.82. The van der Waals surface area contributed by atoms with Crippen molar-refractivity contribution in [2.45, 2.75) is 26.3 Å². The normalized spacial score (nSPS) is 12.4. The molecule has 0 spiro atoms. The van der Waals surface area contributed by atoms with E-state index in [0.29, 0.717) is 0 Å². The lowest BCUT2D eigenvalue weighted by atomic mass is 10.1. The Morgan fingerprint density at radius 2 is 2.25 bits per heavy atom. The fourth-order valence-corrected chi connectivity index (χ4v) is 2.26. The van der Waals surface area contributed by atoms with Crippen LogP contribution in [0.1, 0.15) is 36.3 Å². The highest BCUT2D eigenvalue weighted by Crippen LogP contribution is 2.28. The van der Waals surface area contributed by atoms with E-state index in [1.165, 1.54) is 5.56 Å². The molecule has 1 atom stereocenters. The Labute approximate surface area is 120 Å². The van der Waals surface area contributed by atoms with Crippen molar-refractivity contribution in [1.82, 2.24) is 20.1 Å². The Bertz CT molecular complexity index is 565. The molecule has 2 rings (SSSR count). The molecule has 5 nitrogen and oxygen atoms in total. The molecule has 2 aromatic rings. The number of hydrogen-bond donors (Lipinski definition) is 1. The molecule has 2 heterocycles. The van der Waals surface area contributed by atoms with Crippen LogP contribution in [0, 0.1) is 6.92 Å². The summed E-state index contributed by atoms with van der Waals surface area (Å²) in [5.41, 5.74) is 3.18. The van der Waals surface area contributed by atoms with E-state index in [-0.39, 0.29) is 6.04 Å². The largest absolute Gasteiger partial charge is 0.493 e. The van der Waals surface area contributed by atoms with E-state index in [4.69, 9.17) is 4.74 Å². The first-order valence-electron chi connectivity index (χ1n) is 6.89. The first kappa shape index (κ1) is 14.5. The third-order valence-electron chi connectivity index (χ3n) is 3.27. The summed E-state index contributed by atoms with van der Waals surface area (Å²) in [6, 6.07) is 4.08. The maximum absolute atomic E-state index is 5.43. The zero-order valence-electron chi connectivity index (χ0n) is 12.6. The van der Waals surface area contributed by atoms with Gasteiger partial charge in [0.05, 0.1) is 25.0 Å². The quantitative estimate of drug-likeness (QED) is 0.877. The second-order valence-electron chi connectivity index (χ2n) is 4.87. The minimum atomic E-state index is -0.0164. The van der Waals surface area contributed by atoms with Crippen LogP contribution in [-0.2, 0) is 7.05 Å². The molecule has 0 saturated heterocycles. The molecule has 0 aliphatic rings. The van der Waals surface area contributed by atoms with Crippen molar-refractivity contribution in [2.75, 3.05) is 13.7 Å². The molecule has 2 aromatic heterocycles. The standard InChI is InChI=1S/C15H22N4O/c1-5-7-17-14(12-9-11(2)6-8-16-12)15-13(20-4)10-18-19(15)3/h6,8-10,14,17H,5,7H2,1-4H3. The van der Waals surface area contributed by atoms with E-state index in [2.05, 4.69) is 35.3 Å². The predicted octanol–water partition coefficient (Wildman–Crippen LogP) is 2.22. The van der Waals surface area contributed by atoms with E-state index < -0.39 is 0 Å². The van der Waals surface area contributed by atoms with Crippen molar-refractivity contribution in [3.8, 4) is 5.75 Å². The molecule has 0 saturated carbocycles. The first-order valence-corrected chi connectivity index (χ1v) is 6.89. The molecule has 108 valence electrons. The van der Waals surface area contributed by atoms with E-state index in [0.717, 1.165) is 30.1 Å². The highest BCUT2D eigenvalue weighted by Gasteiger charge is 2.23. The smallest absolute Gasteiger partial charge is 0.161 e. The van der Waals surface area contributed by atoms with Crippen molar-refractivity contribution in [3.63, 3.8) is 0 Å². The van der Waals surface area contributed by atoms with Gasteiger partial charge in [-0.25, -0.2) is 0 Å². The number of nitrogens with zero attached hydrogens (tertiary/aromatic N) is 3. The minimum absolute atomic E-state index is 0.0164. The Morgan fingerprint density at radius 1 is 1.45 bits per heavy atom. The number of nitrogens with one attached hydrogen (secondary N) is 1. The van der Waals surface area contributed by atoms with Crippen molar-refractivity contribution >= 4 is 0 Å². The first-order chi connectivity index (χ1) is 9.67. The molecule has 1 N–H and O–H groups in total.